The van der Waals surface area contributed by atoms with Crippen LogP contribution in [0.25, 0.3) is 0 Å². The minimum Gasteiger partial charge on any atom is -0.481 e. The SMILES string of the molecule is COC1CCCN(CCC(=O)O)CC1. The normalized spacial score (nSPS) is 24.5. The van der Waals surface area contributed by atoms with Gasteiger partial charge in [-0.15, -0.1) is 0 Å². The second kappa shape index (κ2) is 5.98. The van der Waals surface area contributed by atoms with Gasteiger partial charge in [0.1, 0.15) is 0 Å². The molecule has 4 nitrogen and oxygen atoms in total. The Balaban J connectivity index is 2.23. The smallest absolute Gasteiger partial charge is 0.304 e. The summed E-state index contributed by atoms with van der Waals surface area (Å²) in [6, 6.07) is 0. The average Bonchev–Trinajstić information content (AvgIpc) is 2.39. The number of hydrogen-bond donors (Lipinski definition) is 1. The predicted molar refractivity (Wildman–Crippen MR) is 53.3 cm³/mol. The fourth-order valence-corrected chi connectivity index (χ4v) is 1.84. The molecule has 1 aliphatic rings. The van der Waals surface area contributed by atoms with Crippen LogP contribution in [0.1, 0.15) is 25.7 Å². The van der Waals surface area contributed by atoms with Crippen LogP contribution in [0.5, 0.6) is 0 Å². The van der Waals surface area contributed by atoms with Gasteiger partial charge in [-0.2, -0.15) is 0 Å². The minimum absolute atomic E-state index is 0.248. The number of likely N-dealkylation sites (tertiary alicyclic amines) is 1. The van der Waals surface area contributed by atoms with E-state index in [1.165, 1.54) is 0 Å². The Morgan fingerprint density at radius 2 is 2.29 bits per heavy atom. The first-order valence-electron chi connectivity index (χ1n) is 5.19. The highest BCUT2D eigenvalue weighted by molar-refractivity contribution is 5.66. The number of carboxylic acid groups (broad SMARTS) is 1. The fraction of sp³-hybridized carbons (Fsp3) is 0.900. The summed E-state index contributed by atoms with van der Waals surface area (Å²) in [6.45, 7) is 2.64. The number of rotatable bonds is 4. The van der Waals surface area contributed by atoms with Crippen molar-refractivity contribution in [1.29, 1.82) is 0 Å². The first-order chi connectivity index (χ1) is 6.72. The third kappa shape index (κ3) is 4.07. The van der Waals surface area contributed by atoms with Crippen LogP contribution in [0.15, 0.2) is 0 Å². The molecule has 1 heterocycles. The van der Waals surface area contributed by atoms with Crippen molar-refractivity contribution in [3.05, 3.63) is 0 Å². The summed E-state index contributed by atoms with van der Waals surface area (Å²) in [5, 5.41) is 8.56. The Labute approximate surface area is 84.8 Å². The Kier molecular flexibility index (Phi) is 4.90. The highest BCUT2D eigenvalue weighted by atomic mass is 16.5. The van der Waals surface area contributed by atoms with Gasteiger partial charge in [0, 0.05) is 20.2 Å². The van der Waals surface area contributed by atoms with E-state index in [1.54, 1.807) is 7.11 Å². The van der Waals surface area contributed by atoms with E-state index in [4.69, 9.17) is 9.84 Å². The van der Waals surface area contributed by atoms with Gasteiger partial charge >= 0.3 is 5.97 Å². The number of methoxy groups -OCH3 is 1. The van der Waals surface area contributed by atoms with Crippen LogP contribution in [-0.2, 0) is 9.53 Å². The molecule has 1 saturated heterocycles. The van der Waals surface area contributed by atoms with Crippen molar-refractivity contribution in [3.8, 4) is 0 Å². The van der Waals surface area contributed by atoms with E-state index < -0.39 is 5.97 Å². The van der Waals surface area contributed by atoms with Gasteiger partial charge < -0.3 is 14.7 Å². The van der Waals surface area contributed by atoms with E-state index in [-0.39, 0.29) is 6.42 Å². The van der Waals surface area contributed by atoms with Gasteiger partial charge in [0.25, 0.3) is 0 Å². The summed E-state index contributed by atoms with van der Waals surface area (Å²) in [4.78, 5) is 12.6. The maximum absolute atomic E-state index is 10.4. The summed E-state index contributed by atoms with van der Waals surface area (Å²) < 4.78 is 5.30. The lowest BCUT2D eigenvalue weighted by molar-refractivity contribution is -0.137. The molecule has 0 saturated carbocycles. The van der Waals surface area contributed by atoms with Crippen LogP contribution in [0.3, 0.4) is 0 Å². The molecule has 0 spiro atoms. The molecule has 4 heteroatoms. The molecule has 0 aliphatic carbocycles. The second-order valence-corrected chi connectivity index (χ2v) is 3.77. The molecule has 1 unspecified atom stereocenters. The maximum atomic E-state index is 10.4. The summed E-state index contributed by atoms with van der Waals surface area (Å²) in [6.07, 6.45) is 3.84. The molecule has 1 rings (SSSR count). The van der Waals surface area contributed by atoms with E-state index in [0.717, 1.165) is 32.4 Å². The van der Waals surface area contributed by atoms with Crippen molar-refractivity contribution in [2.75, 3.05) is 26.7 Å². The van der Waals surface area contributed by atoms with Crippen molar-refractivity contribution in [2.45, 2.75) is 31.8 Å². The zero-order chi connectivity index (χ0) is 10.4. The highest BCUT2D eigenvalue weighted by Crippen LogP contribution is 2.13. The Morgan fingerprint density at radius 1 is 1.50 bits per heavy atom. The van der Waals surface area contributed by atoms with Crippen LogP contribution < -0.4 is 0 Å². The maximum Gasteiger partial charge on any atom is 0.304 e. The molecule has 1 N–H and O–H groups in total. The van der Waals surface area contributed by atoms with Crippen molar-refractivity contribution >= 4 is 5.97 Å². The quantitative estimate of drug-likeness (QED) is 0.736. The number of ether oxygens (including phenoxy) is 1. The van der Waals surface area contributed by atoms with Crippen LogP contribution >= 0.6 is 0 Å². The first-order valence-corrected chi connectivity index (χ1v) is 5.19. The molecule has 0 amide bonds. The zero-order valence-electron chi connectivity index (χ0n) is 8.74. The number of nitrogens with zero attached hydrogens (tertiary/aromatic N) is 1. The molecule has 0 aromatic rings. The van der Waals surface area contributed by atoms with Gasteiger partial charge in [0.2, 0.25) is 0 Å². The number of hydrogen-bond acceptors (Lipinski definition) is 3. The largest absolute Gasteiger partial charge is 0.481 e. The molecular formula is C10H19NO3. The molecule has 1 atom stereocenters. The summed E-state index contributed by atoms with van der Waals surface area (Å²) in [5.41, 5.74) is 0. The van der Waals surface area contributed by atoms with Gasteiger partial charge in [-0.3, -0.25) is 4.79 Å². The van der Waals surface area contributed by atoms with E-state index >= 15 is 0 Å². The van der Waals surface area contributed by atoms with E-state index in [2.05, 4.69) is 4.90 Å². The molecule has 82 valence electrons. The Bertz CT molecular complexity index is 184. The molecule has 1 fully saturated rings. The monoisotopic (exact) mass is 201 g/mol. The average molecular weight is 201 g/mol. The van der Waals surface area contributed by atoms with Crippen LogP contribution in [0.4, 0.5) is 0 Å². The number of carbonyl (C=O) groups is 1. The van der Waals surface area contributed by atoms with Gasteiger partial charge in [0.15, 0.2) is 0 Å². The zero-order valence-corrected chi connectivity index (χ0v) is 8.74. The first kappa shape index (κ1) is 11.5. The summed E-state index contributed by atoms with van der Waals surface area (Å²) in [7, 11) is 1.75. The lowest BCUT2D eigenvalue weighted by Gasteiger charge is -2.18. The molecular weight excluding hydrogens is 182 g/mol. The van der Waals surface area contributed by atoms with Gasteiger partial charge in [-0.1, -0.05) is 0 Å². The minimum atomic E-state index is -0.711. The molecule has 0 radical (unpaired) electrons. The van der Waals surface area contributed by atoms with Crippen molar-refractivity contribution in [3.63, 3.8) is 0 Å². The molecule has 0 bridgehead atoms. The van der Waals surface area contributed by atoms with Crippen molar-refractivity contribution in [1.82, 2.24) is 4.90 Å². The van der Waals surface area contributed by atoms with Crippen LogP contribution in [0.2, 0.25) is 0 Å². The Morgan fingerprint density at radius 3 is 2.93 bits per heavy atom. The van der Waals surface area contributed by atoms with Crippen LogP contribution in [-0.4, -0.2) is 48.8 Å². The lowest BCUT2D eigenvalue weighted by Crippen LogP contribution is -2.27. The number of carboxylic acids is 1. The van der Waals surface area contributed by atoms with Crippen molar-refractivity contribution in [2.24, 2.45) is 0 Å². The third-order valence-electron chi connectivity index (χ3n) is 2.74. The third-order valence-corrected chi connectivity index (χ3v) is 2.74. The fourth-order valence-electron chi connectivity index (χ4n) is 1.84. The molecule has 14 heavy (non-hydrogen) atoms. The van der Waals surface area contributed by atoms with Gasteiger partial charge in [-0.25, -0.2) is 0 Å². The van der Waals surface area contributed by atoms with Gasteiger partial charge in [0.05, 0.1) is 12.5 Å². The number of aliphatic carboxylic acids is 1. The van der Waals surface area contributed by atoms with E-state index in [1.807, 2.05) is 0 Å². The lowest BCUT2D eigenvalue weighted by atomic mass is 10.2. The topological polar surface area (TPSA) is 49.8 Å². The Hall–Kier alpha value is -0.610. The standard InChI is InChI=1S/C10H19NO3/c1-14-9-3-2-6-11(7-4-9)8-5-10(12)13/h9H,2-8H2,1H3,(H,12,13). The van der Waals surface area contributed by atoms with E-state index in [0.29, 0.717) is 12.6 Å². The summed E-state index contributed by atoms with van der Waals surface area (Å²) in [5.74, 6) is -0.711. The molecule has 0 aromatic heterocycles. The van der Waals surface area contributed by atoms with E-state index in [9.17, 15) is 4.79 Å². The van der Waals surface area contributed by atoms with Crippen molar-refractivity contribution < 1.29 is 14.6 Å². The molecule has 1 aliphatic heterocycles. The summed E-state index contributed by atoms with van der Waals surface area (Å²) >= 11 is 0. The predicted octanol–water partition coefficient (Wildman–Crippen LogP) is 0.962. The second-order valence-electron chi connectivity index (χ2n) is 3.77. The highest BCUT2D eigenvalue weighted by Gasteiger charge is 2.16. The molecule has 0 aromatic carbocycles. The van der Waals surface area contributed by atoms with Crippen LogP contribution in [0, 0.1) is 0 Å². The van der Waals surface area contributed by atoms with Gasteiger partial charge in [-0.05, 0) is 25.8 Å².